The molecule has 2 atom stereocenters. The standard InChI is InChI=1S/C18H23NO4/c1-4-13-7-6-8-14(9-13)12-23-15-10-16(18(21)22-3)19(11-15)17(20)5-2/h5-9,15-16H,2,4,10-12H2,1,3H3/t15-,16?/m0/s1. The topological polar surface area (TPSA) is 55.8 Å². The van der Waals surface area contributed by atoms with E-state index in [9.17, 15) is 9.59 Å². The van der Waals surface area contributed by atoms with E-state index in [-0.39, 0.29) is 12.0 Å². The van der Waals surface area contributed by atoms with Crippen LogP contribution in [0.1, 0.15) is 24.5 Å². The van der Waals surface area contributed by atoms with Gasteiger partial charge < -0.3 is 14.4 Å². The van der Waals surface area contributed by atoms with Gasteiger partial charge in [-0.05, 0) is 23.6 Å². The monoisotopic (exact) mass is 317 g/mol. The molecule has 2 rings (SSSR count). The summed E-state index contributed by atoms with van der Waals surface area (Å²) in [6, 6.07) is 7.61. The van der Waals surface area contributed by atoms with Gasteiger partial charge in [-0.3, -0.25) is 4.79 Å². The molecule has 1 aromatic rings. The van der Waals surface area contributed by atoms with Gasteiger partial charge in [-0.2, -0.15) is 0 Å². The number of hydrogen-bond donors (Lipinski definition) is 0. The van der Waals surface area contributed by atoms with E-state index in [4.69, 9.17) is 9.47 Å². The molecule has 1 saturated heterocycles. The molecule has 124 valence electrons. The number of hydrogen-bond acceptors (Lipinski definition) is 4. The van der Waals surface area contributed by atoms with Crippen molar-refractivity contribution in [1.29, 1.82) is 0 Å². The Morgan fingerprint density at radius 2 is 2.13 bits per heavy atom. The summed E-state index contributed by atoms with van der Waals surface area (Å²) >= 11 is 0. The summed E-state index contributed by atoms with van der Waals surface area (Å²) in [4.78, 5) is 25.2. The van der Waals surface area contributed by atoms with Gasteiger partial charge in [0.15, 0.2) is 0 Å². The van der Waals surface area contributed by atoms with Crippen molar-refractivity contribution in [2.45, 2.75) is 38.5 Å². The van der Waals surface area contributed by atoms with Crippen molar-refractivity contribution in [1.82, 2.24) is 4.90 Å². The van der Waals surface area contributed by atoms with Gasteiger partial charge in [-0.25, -0.2) is 4.79 Å². The molecule has 1 heterocycles. The van der Waals surface area contributed by atoms with Crippen molar-refractivity contribution < 1.29 is 19.1 Å². The van der Waals surface area contributed by atoms with Gasteiger partial charge >= 0.3 is 5.97 Å². The Morgan fingerprint density at radius 3 is 2.78 bits per heavy atom. The number of likely N-dealkylation sites (tertiary alicyclic amines) is 1. The second-order valence-corrected chi connectivity index (χ2v) is 5.58. The van der Waals surface area contributed by atoms with Crippen LogP contribution in [-0.2, 0) is 32.1 Å². The third kappa shape index (κ3) is 4.20. The molecule has 0 aromatic heterocycles. The maximum atomic E-state index is 11.9. The minimum Gasteiger partial charge on any atom is -0.467 e. The maximum absolute atomic E-state index is 11.9. The lowest BCUT2D eigenvalue weighted by molar-refractivity contribution is -0.149. The molecular weight excluding hydrogens is 294 g/mol. The van der Waals surface area contributed by atoms with Gasteiger partial charge in [-0.1, -0.05) is 37.8 Å². The first-order valence-corrected chi connectivity index (χ1v) is 7.79. The average Bonchev–Trinajstić information content (AvgIpc) is 3.03. The van der Waals surface area contributed by atoms with E-state index in [0.29, 0.717) is 19.6 Å². The fourth-order valence-corrected chi connectivity index (χ4v) is 2.79. The number of ether oxygens (including phenoxy) is 2. The molecule has 5 nitrogen and oxygen atoms in total. The van der Waals surface area contributed by atoms with Gasteiger partial charge in [0.2, 0.25) is 5.91 Å². The number of aryl methyl sites for hydroxylation is 1. The highest BCUT2D eigenvalue weighted by atomic mass is 16.5. The highest BCUT2D eigenvalue weighted by Crippen LogP contribution is 2.23. The molecular formula is C18H23NO4. The smallest absolute Gasteiger partial charge is 0.328 e. The van der Waals surface area contributed by atoms with Crippen molar-refractivity contribution in [3.8, 4) is 0 Å². The fourth-order valence-electron chi connectivity index (χ4n) is 2.79. The molecule has 0 radical (unpaired) electrons. The highest BCUT2D eigenvalue weighted by molar-refractivity contribution is 5.91. The zero-order valence-corrected chi connectivity index (χ0v) is 13.7. The van der Waals surface area contributed by atoms with E-state index in [0.717, 1.165) is 12.0 Å². The molecule has 1 aliphatic heterocycles. The van der Waals surface area contributed by atoms with Crippen LogP contribution in [0.15, 0.2) is 36.9 Å². The molecule has 1 aromatic carbocycles. The minimum absolute atomic E-state index is 0.187. The molecule has 0 N–H and O–H groups in total. The van der Waals surface area contributed by atoms with Crippen molar-refractivity contribution >= 4 is 11.9 Å². The summed E-state index contributed by atoms with van der Waals surface area (Å²) in [6.45, 7) is 6.42. The number of carbonyl (C=O) groups excluding carboxylic acids is 2. The van der Waals surface area contributed by atoms with Crippen LogP contribution in [0.25, 0.3) is 0 Å². The van der Waals surface area contributed by atoms with Crippen LogP contribution in [0, 0.1) is 0 Å². The van der Waals surface area contributed by atoms with Crippen molar-refractivity contribution in [2.75, 3.05) is 13.7 Å². The van der Waals surface area contributed by atoms with E-state index < -0.39 is 12.0 Å². The highest BCUT2D eigenvalue weighted by Gasteiger charge is 2.40. The number of benzene rings is 1. The number of amides is 1. The third-order valence-electron chi connectivity index (χ3n) is 4.08. The van der Waals surface area contributed by atoms with Gasteiger partial charge in [0.1, 0.15) is 6.04 Å². The van der Waals surface area contributed by atoms with Crippen LogP contribution in [0.5, 0.6) is 0 Å². The summed E-state index contributed by atoms with van der Waals surface area (Å²) in [6.07, 6.45) is 2.44. The van der Waals surface area contributed by atoms with Crippen LogP contribution in [0.3, 0.4) is 0 Å². The Bertz CT molecular complexity index is 584. The number of nitrogens with zero attached hydrogens (tertiary/aromatic N) is 1. The Hall–Kier alpha value is -2.14. The van der Waals surface area contributed by atoms with Crippen LogP contribution >= 0.6 is 0 Å². The molecule has 1 aliphatic rings. The second kappa shape index (κ2) is 7.92. The maximum Gasteiger partial charge on any atom is 0.328 e. The summed E-state index contributed by atoms with van der Waals surface area (Å²) < 4.78 is 10.7. The van der Waals surface area contributed by atoms with Gasteiger partial charge in [0.25, 0.3) is 0 Å². The summed E-state index contributed by atoms with van der Waals surface area (Å²) in [5.74, 6) is -0.696. The zero-order valence-electron chi connectivity index (χ0n) is 13.7. The zero-order chi connectivity index (χ0) is 16.8. The Balaban J connectivity index is 1.99. The Kier molecular flexibility index (Phi) is 5.93. The lowest BCUT2D eigenvalue weighted by atomic mass is 10.1. The minimum atomic E-state index is -0.600. The van der Waals surface area contributed by atoms with Crippen molar-refractivity contribution in [3.05, 3.63) is 48.0 Å². The molecule has 5 heteroatoms. The van der Waals surface area contributed by atoms with E-state index in [1.165, 1.54) is 23.6 Å². The quantitative estimate of drug-likeness (QED) is 0.595. The number of rotatable bonds is 6. The summed E-state index contributed by atoms with van der Waals surface area (Å²) in [5, 5.41) is 0. The molecule has 23 heavy (non-hydrogen) atoms. The van der Waals surface area contributed by atoms with E-state index in [1.54, 1.807) is 0 Å². The van der Waals surface area contributed by atoms with Crippen LogP contribution < -0.4 is 0 Å². The Morgan fingerprint density at radius 1 is 1.39 bits per heavy atom. The molecule has 0 spiro atoms. The largest absolute Gasteiger partial charge is 0.467 e. The van der Waals surface area contributed by atoms with E-state index in [1.807, 2.05) is 12.1 Å². The Labute approximate surface area is 136 Å². The first-order chi connectivity index (χ1) is 11.1. The number of methoxy groups -OCH3 is 1. The molecule has 1 unspecified atom stereocenters. The second-order valence-electron chi connectivity index (χ2n) is 5.58. The molecule has 0 bridgehead atoms. The van der Waals surface area contributed by atoms with Gasteiger partial charge in [0.05, 0.1) is 19.8 Å². The lowest BCUT2D eigenvalue weighted by Crippen LogP contribution is -2.40. The fraction of sp³-hybridized carbons (Fsp3) is 0.444. The van der Waals surface area contributed by atoms with Crippen molar-refractivity contribution in [2.24, 2.45) is 0 Å². The van der Waals surface area contributed by atoms with E-state index in [2.05, 4.69) is 25.6 Å². The van der Waals surface area contributed by atoms with E-state index >= 15 is 0 Å². The number of carbonyl (C=O) groups is 2. The molecule has 1 amide bonds. The van der Waals surface area contributed by atoms with Crippen molar-refractivity contribution in [3.63, 3.8) is 0 Å². The molecule has 1 fully saturated rings. The summed E-state index contributed by atoms with van der Waals surface area (Å²) in [7, 11) is 1.32. The van der Waals surface area contributed by atoms with Crippen LogP contribution in [0.4, 0.5) is 0 Å². The first-order valence-electron chi connectivity index (χ1n) is 7.79. The normalized spacial score (nSPS) is 20.3. The van der Waals surface area contributed by atoms with Crippen LogP contribution in [0.2, 0.25) is 0 Å². The predicted molar refractivity (Wildman–Crippen MR) is 86.7 cm³/mol. The predicted octanol–water partition coefficient (Wildman–Crippen LogP) is 2.09. The molecule has 0 aliphatic carbocycles. The third-order valence-corrected chi connectivity index (χ3v) is 4.08. The first kappa shape index (κ1) is 17.2. The molecule has 0 saturated carbocycles. The SMILES string of the molecule is C=CC(=O)N1C[C@@H](OCc2cccc(CC)c2)CC1C(=O)OC. The summed E-state index contributed by atoms with van der Waals surface area (Å²) in [5.41, 5.74) is 2.35. The number of esters is 1. The van der Waals surface area contributed by atoms with Gasteiger partial charge in [-0.15, -0.1) is 0 Å². The lowest BCUT2D eigenvalue weighted by Gasteiger charge is -2.20. The van der Waals surface area contributed by atoms with Crippen LogP contribution in [-0.4, -0.2) is 42.6 Å². The average molecular weight is 317 g/mol. The van der Waals surface area contributed by atoms with Gasteiger partial charge in [0, 0.05) is 13.0 Å².